The van der Waals surface area contributed by atoms with E-state index in [9.17, 15) is 9.18 Å². The van der Waals surface area contributed by atoms with Crippen LogP contribution in [0.15, 0.2) is 54.7 Å². The Hall–Kier alpha value is -2.50. The van der Waals surface area contributed by atoms with Gasteiger partial charge in [0.25, 0.3) is 0 Å². The van der Waals surface area contributed by atoms with Gasteiger partial charge in [0.05, 0.1) is 18.8 Å². The van der Waals surface area contributed by atoms with Gasteiger partial charge in [-0.2, -0.15) is 0 Å². The molecule has 0 bridgehead atoms. The molecule has 1 N–H and O–H groups in total. The van der Waals surface area contributed by atoms with Crippen LogP contribution in [-0.4, -0.2) is 41.4 Å². The summed E-state index contributed by atoms with van der Waals surface area (Å²) in [6.07, 6.45) is 1.64. The van der Waals surface area contributed by atoms with Gasteiger partial charge in [-0.1, -0.05) is 30.3 Å². The van der Waals surface area contributed by atoms with E-state index in [1.54, 1.807) is 18.3 Å². The zero-order chi connectivity index (χ0) is 18.1. The van der Waals surface area contributed by atoms with Gasteiger partial charge in [0.1, 0.15) is 5.82 Å². The zero-order valence-electron chi connectivity index (χ0n) is 14.6. The first-order valence-electron chi connectivity index (χ1n) is 8.85. The summed E-state index contributed by atoms with van der Waals surface area (Å²) >= 11 is 0. The van der Waals surface area contributed by atoms with Crippen LogP contribution in [0.5, 0.6) is 0 Å². The third-order valence-corrected chi connectivity index (χ3v) is 5.12. The van der Waals surface area contributed by atoms with Crippen molar-refractivity contribution in [3.05, 3.63) is 71.7 Å². The molecule has 1 fully saturated rings. The molecular weight excluding hydrogens is 331 g/mol. The number of fused-ring (bicyclic) bond motifs is 1. The van der Waals surface area contributed by atoms with Gasteiger partial charge in [-0.25, -0.2) is 4.39 Å². The number of halogens is 1. The number of para-hydroxylation sites is 1. The number of aromatic nitrogens is 1. The van der Waals surface area contributed by atoms with Crippen molar-refractivity contribution in [3.8, 4) is 0 Å². The molecule has 0 spiro atoms. The highest BCUT2D eigenvalue weighted by molar-refractivity contribution is 6.10. The van der Waals surface area contributed by atoms with Crippen molar-refractivity contribution in [2.24, 2.45) is 0 Å². The van der Waals surface area contributed by atoms with Crippen LogP contribution in [0.4, 0.5) is 4.39 Å². The molecule has 1 aliphatic heterocycles. The van der Waals surface area contributed by atoms with Gasteiger partial charge in [0.15, 0.2) is 5.78 Å². The molecule has 5 heteroatoms. The second kappa shape index (κ2) is 7.02. The van der Waals surface area contributed by atoms with E-state index in [1.807, 2.05) is 31.2 Å². The second-order valence-electron chi connectivity index (χ2n) is 6.69. The molecule has 2 heterocycles. The summed E-state index contributed by atoms with van der Waals surface area (Å²) in [5.41, 5.74) is 2.62. The first kappa shape index (κ1) is 16.9. The van der Waals surface area contributed by atoms with Crippen molar-refractivity contribution in [1.29, 1.82) is 0 Å². The number of carbonyl (C=O) groups excluding carboxylic acids is 1. The van der Waals surface area contributed by atoms with E-state index in [2.05, 4.69) is 9.88 Å². The summed E-state index contributed by atoms with van der Waals surface area (Å²) in [7, 11) is 0. The summed E-state index contributed by atoms with van der Waals surface area (Å²) in [6.45, 7) is 3.80. The smallest absolute Gasteiger partial charge is 0.181 e. The first-order chi connectivity index (χ1) is 12.6. The Morgan fingerprint density at radius 3 is 2.81 bits per heavy atom. The minimum absolute atomic E-state index is 0.0993. The highest BCUT2D eigenvalue weighted by atomic mass is 19.1. The number of ketones is 1. The summed E-state index contributed by atoms with van der Waals surface area (Å²) in [4.78, 5) is 18.4. The summed E-state index contributed by atoms with van der Waals surface area (Å²) in [5, 5.41) is 0.952. The van der Waals surface area contributed by atoms with Crippen LogP contribution in [0.2, 0.25) is 0 Å². The van der Waals surface area contributed by atoms with Gasteiger partial charge in [-0.15, -0.1) is 0 Å². The second-order valence-corrected chi connectivity index (χ2v) is 6.69. The number of nitrogens with one attached hydrogen (secondary N) is 1. The molecular formula is C21H21FN2O2. The molecule has 2 aromatic carbocycles. The van der Waals surface area contributed by atoms with Gasteiger partial charge >= 0.3 is 0 Å². The van der Waals surface area contributed by atoms with Gasteiger partial charge in [-0.05, 0) is 30.7 Å². The molecule has 0 radical (unpaired) electrons. The molecule has 0 aliphatic carbocycles. The SMILES string of the molecule is C[C@@H](C(=O)c1c[nH]c2ccccc12)N1CCO[C@H](c2ccc(F)cc2)C1. The molecule has 4 rings (SSSR count). The van der Waals surface area contributed by atoms with E-state index in [0.29, 0.717) is 19.7 Å². The van der Waals surface area contributed by atoms with Crippen molar-refractivity contribution < 1.29 is 13.9 Å². The number of rotatable bonds is 4. The summed E-state index contributed by atoms with van der Waals surface area (Å²) in [6, 6.07) is 14.0. The van der Waals surface area contributed by atoms with Crippen molar-refractivity contribution in [2.75, 3.05) is 19.7 Å². The number of nitrogens with zero attached hydrogens (tertiary/aromatic N) is 1. The molecule has 1 aromatic heterocycles. The van der Waals surface area contributed by atoms with Gasteiger partial charge in [-0.3, -0.25) is 9.69 Å². The Kier molecular flexibility index (Phi) is 4.57. The number of benzene rings is 2. The Balaban J connectivity index is 1.52. The van der Waals surface area contributed by atoms with Gasteiger partial charge in [0.2, 0.25) is 0 Å². The monoisotopic (exact) mass is 352 g/mol. The maximum absolute atomic E-state index is 13.2. The summed E-state index contributed by atoms with van der Waals surface area (Å²) in [5.74, 6) is -0.161. The van der Waals surface area contributed by atoms with E-state index in [0.717, 1.165) is 22.0 Å². The van der Waals surface area contributed by atoms with Crippen LogP contribution in [0.25, 0.3) is 10.9 Å². The van der Waals surface area contributed by atoms with E-state index in [4.69, 9.17) is 4.74 Å². The van der Waals surface area contributed by atoms with Crippen molar-refractivity contribution in [1.82, 2.24) is 9.88 Å². The third-order valence-electron chi connectivity index (χ3n) is 5.12. The minimum Gasteiger partial charge on any atom is -0.371 e. The Bertz CT molecular complexity index is 919. The molecule has 1 saturated heterocycles. The Labute approximate surface area is 151 Å². The highest BCUT2D eigenvalue weighted by Gasteiger charge is 2.30. The standard InChI is InChI=1S/C21H21FN2O2/c1-14(21(25)18-12-23-19-5-3-2-4-17(18)19)24-10-11-26-20(13-24)15-6-8-16(22)9-7-15/h2-9,12,14,20,23H,10-11,13H2,1H3/t14-,20-/m0/s1. The lowest BCUT2D eigenvalue weighted by Gasteiger charge is -2.36. The average molecular weight is 352 g/mol. The lowest BCUT2D eigenvalue weighted by atomic mass is 10.0. The molecule has 4 nitrogen and oxygen atoms in total. The van der Waals surface area contributed by atoms with E-state index >= 15 is 0 Å². The predicted octanol–water partition coefficient (Wildman–Crippen LogP) is 3.95. The minimum atomic E-state index is -0.260. The fraction of sp³-hybridized carbons (Fsp3) is 0.286. The quantitative estimate of drug-likeness (QED) is 0.723. The number of aromatic amines is 1. The molecule has 3 aromatic rings. The number of hydrogen-bond donors (Lipinski definition) is 1. The Morgan fingerprint density at radius 1 is 1.23 bits per heavy atom. The molecule has 0 amide bonds. The molecule has 26 heavy (non-hydrogen) atoms. The lowest BCUT2D eigenvalue weighted by Crippen LogP contribution is -2.46. The zero-order valence-corrected chi connectivity index (χ0v) is 14.6. The van der Waals surface area contributed by atoms with Crippen LogP contribution in [0.3, 0.4) is 0 Å². The molecule has 1 aliphatic rings. The van der Waals surface area contributed by atoms with E-state index < -0.39 is 0 Å². The fourth-order valence-electron chi connectivity index (χ4n) is 3.57. The number of carbonyl (C=O) groups is 1. The molecule has 2 atom stereocenters. The summed E-state index contributed by atoms with van der Waals surface area (Å²) < 4.78 is 19.0. The normalized spacial score (nSPS) is 19.5. The number of morpholine rings is 1. The molecule has 0 unspecified atom stereocenters. The van der Waals surface area contributed by atoms with Crippen molar-refractivity contribution >= 4 is 16.7 Å². The van der Waals surface area contributed by atoms with Crippen LogP contribution in [-0.2, 0) is 4.74 Å². The Morgan fingerprint density at radius 2 is 2.00 bits per heavy atom. The number of Topliss-reactive ketones (excluding diaryl/α,β-unsaturated/α-hetero) is 1. The van der Waals surface area contributed by atoms with E-state index in [1.165, 1.54) is 12.1 Å². The number of hydrogen-bond acceptors (Lipinski definition) is 3. The number of ether oxygens (including phenoxy) is 1. The molecule has 134 valence electrons. The maximum Gasteiger partial charge on any atom is 0.181 e. The van der Waals surface area contributed by atoms with Crippen LogP contribution in [0, 0.1) is 5.82 Å². The average Bonchev–Trinajstić information content (AvgIpc) is 3.11. The molecule has 0 saturated carbocycles. The van der Waals surface area contributed by atoms with Gasteiger partial charge < -0.3 is 9.72 Å². The largest absolute Gasteiger partial charge is 0.371 e. The number of H-pyrrole nitrogens is 1. The van der Waals surface area contributed by atoms with Crippen LogP contribution < -0.4 is 0 Å². The van der Waals surface area contributed by atoms with Crippen molar-refractivity contribution in [2.45, 2.75) is 19.1 Å². The third kappa shape index (κ3) is 3.16. The van der Waals surface area contributed by atoms with Crippen LogP contribution in [0.1, 0.15) is 28.9 Å². The lowest BCUT2D eigenvalue weighted by molar-refractivity contribution is -0.0387. The fourth-order valence-corrected chi connectivity index (χ4v) is 3.57. The first-order valence-corrected chi connectivity index (χ1v) is 8.85. The predicted molar refractivity (Wildman–Crippen MR) is 98.8 cm³/mol. The van der Waals surface area contributed by atoms with Crippen molar-refractivity contribution in [3.63, 3.8) is 0 Å². The van der Waals surface area contributed by atoms with Crippen LogP contribution >= 0.6 is 0 Å². The topological polar surface area (TPSA) is 45.3 Å². The maximum atomic E-state index is 13.2. The van der Waals surface area contributed by atoms with Gasteiger partial charge in [0, 0.05) is 35.8 Å². The van der Waals surface area contributed by atoms with E-state index in [-0.39, 0.29) is 23.7 Å². The highest BCUT2D eigenvalue weighted by Crippen LogP contribution is 2.26.